The summed E-state index contributed by atoms with van der Waals surface area (Å²) in [4.78, 5) is 10.4. The van der Waals surface area contributed by atoms with E-state index in [2.05, 4.69) is 20.7 Å². The van der Waals surface area contributed by atoms with Crippen LogP contribution in [0.5, 0.6) is 0 Å². The van der Waals surface area contributed by atoms with Crippen LogP contribution in [0.4, 0.5) is 5.69 Å². The van der Waals surface area contributed by atoms with Crippen molar-refractivity contribution in [2.45, 2.75) is 29.7 Å². The van der Waals surface area contributed by atoms with Crippen molar-refractivity contribution in [1.82, 2.24) is 4.72 Å². The Hall–Kier alpha value is -2.26. The highest BCUT2D eigenvalue weighted by atomic mass is 79.9. The van der Waals surface area contributed by atoms with E-state index in [1.54, 1.807) is 24.3 Å². The molecule has 0 amide bonds. The lowest BCUT2D eigenvalue weighted by Gasteiger charge is -2.23. The normalized spacial score (nSPS) is 14.9. The predicted molar refractivity (Wildman–Crippen MR) is 123 cm³/mol. The topological polar surface area (TPSA) is 89.3 Å². The summed E-state index contributed by atoms with van der Waals surface area (Å²) in [6.07, 6.45) is 2.10. The molecule has 1 unspecified atom stereocenters. The van der Waals surface area contributed by atoms with E-state index in [1.807, 2.05) is 24.3 Å². The fourth-order valence-corrected chi connectivity index (χ4v) is 6.18. The average molecular weight is 522 g/mol. The average Bonchev–Trinajstić information content (AvgIpc) is 3.58. The molecule has 1 saturated carbocycles. The molecule has 9 heteroatoms. The summed E-state index contributed by atoms with van der Waals surface area (Å²) < 4.78 is 29.7. The van der Waals surface area contributed by atoms with Gasteiger partial charge in [0.25, 0.3) is 5.69 Å². The molecule has 1 aliphatic carbocycles. The molecular weight excluding hydrogens is 504 g/mol. The van der Waals surface area contributed by atoms with E-state index in [9.17, 15) is 18.5 Å². The summed E-state index contributed by atoms with van der Waals surface area (Å²) in [5, 5.41) is 12.0. The number of nitrogens with zero attached hydrogens (tertiary/aromatic N) is 1. The fraction of sp³-hybridized carbons (Fsp3) is 0.182. The lowest BCUT2D eigenvalue weighted by atomic mass is 9.93. The van der Waals surface area contributed by atoms with Crippen molar-refractivity contribution in [3.63, 3.8) is 0 Å². The summed E-state index contributed by atoms with van der Waals surface area (Å²) in [5.74, 6) is 0.383. The van der Waals surface area contributed by atoms with Crippen LogP contribution in [0.3, 0.4) is 0 Å². The van der Waals surface area contributed by atoms with Crippen molar-refractivity contribution in [3.05, 3.63) is 103 Å². The first kappa shape index (κ1) is 22.0. The molecule has 3 aromatic rings. The smallest absolute Gasteiger partial charge is 0.258 e. The number of nitrogens with one attached hydrogen (secondary N) is 1. The van der Waals surface area contributed by atoms with Crippen LogP contribution in [0.25, 0.3) is 0 Å². The van der Waals surface area contributed by atoms with Gasteiger partial charge in [0.15, 0.2) is 4.90 Å². The Kier molecular flexibility index (Phi) is 6.16. The molecule has 1 N–H and O–H groups in total. The zero-order valence-corrected chi connectivity index (χ0v) is 19.3. The largest absolute Gasteiger partial charge is 0.290 e. The molecule has 1 atom stereocenters. The third-order valence-electron chi connectivity index (χ3n) is 5.21. The second-order valence-electron chi connectivity index (χ2n) is 7.35. The molecular formula is C22H18BrClN2O4S. The zero-order valence-electron chi connectivity index (χ0n) is 16.2. The van der Waals surface area contributed by atoms with Crippen LogP contribution in [-0.4, -0.2) is 13.3 Å². The summed E-state index contributed by atoms with van der Waals surface area (Å²) in [5.41, 5.74) is 2.10. The maximum absolute atomic E-state index is 13.4. The summed E-state index contributed by atoms with van der Waals surface area (Å²) in [6.45, 7) is 0. The molecule has 6 nitrogen and oxygen atoms in total. The van der Waals surface area contributed by atoms with Crippen molar-refractivity contribution in [2.24, 2.45) is 0 Å². The van der Waals surface area contributed by atoms with Gasteiger partial charge in [-0.15, -0.1) is 0 Å². The highest BCUT2D eigenvalue weighted by Gasteiger charge is 2.34. The van der Waals surface area contributed by atoms with Crippen molar-refractivity contribution in [3.8, 4) is 0 Å². The minimum atomic E-state index is -4.27. The van der Waals surface area contributed by atoms with E-state index in [4.69, 9.17) is 11.6 Å². The maximum atomic E-state index is 13.4. The Morgan fingerprint density at radius 3 is 2.35 bits per heavy atom. The number of sulfonamides is 1. The van der Waals surface area contributed by atoms with Crippen LogP contribution in [0.15, 0.2) is 76.1 Å². The number of hydrogen-bond donors (Lipinski definition) is 1. The molecule has 0 heterocycles. The van der Waals surface area contributed by atoms with E-state index >= 15 is 0 Å². The van der Waals surface area contributed by atoms with Gasteiger partial charge in [-0.05, 0) is 69.6 Å². The van der Waals surface area contributed by atoms with Crippen LogP contribution in [0, 0.1) is 10.1 Å². The number of nitro groups is 1. The van der Waals surface area contributed by atoms with E-state index in [1.165, 1.54) is 18.2 Å². The van der Waals surface area contributed by atoms with Gasteiger partial charge in [0.2, 0.25) is 10.0 Å². The minimum absolute atomic E-state index is 0.125. The van der Waals surface area contributed by atoms with Crippen molar-refractivity contribution >= 4 is 43.2 Å². The molecule has 3 aromatic carbocycles. The first-order valence-corrected chi connectivity index (χ1v) is 12.2. The van der Waals surface area contributed by atoms with E-state index in [0.717, 1.165) is 24.0 Å². The molecule has 1 fully saturated rings. The highest BCUT2D eigenvalue weighted by Crippen LogP contribution is 2.44. The van der Waals surface area contributed by atoms with Crippen LogP contribution in [-0.2, 0) is 10.0 Å². The molecule has 0 aliphatic heterocycles. The first-order valence-electron chi connectivity index (χ1n) is 9.57. The van der Waals surface area contributed by atoms with Gasteiger partial charge in [-0.25, -0.2) is 8.42 Å². The van der Waals surface area contributed by atoms with E-state index < -0.39 is 31.6 Å². The zero-order chi connectivity index (χ0) is 22.2. The third kappa shape index (κ3) is 4.67. The van der Waals surface area contributed by atoms with Crippen LogP contribution in [0.1, 0.15) is 41.5 Å². The monoisotopic (exact) mass is 520 g/mol. The second-order valence-corrected chi connectivity index (χ2v) is 10.3. The molecule has 0 radical (unpaired) electrons. The van der Waals surface area contributed by atoms with Gasteiger partial charge in [-0.1, -0.05) is 54.1 Å². The lowest BCUT2D eigenvalue weighted by molar-refractivity contribution is -0.388. The van der Waals surface area contributed by atoms with Gasteiger partial charge < -0.3 is 0 Å². The van der Waals surface area contributed by atoms with Gasteiger partial charge in [0.05, 0.1) is 11.0 Å². The predicted octanol–water partition coefficient (Wildman–Crippen LogP) is 5.96. The standard InChI is InChI=1S/C22H18BrClN2O4S/c23-19-6-3-7-20(26(27)28)22(19)31(29,30)25-21(15-10-12-16(24)13-11-15)18-5-2-1-4-17(18)14-8-9-14/h1-7,10-14,21,25H,8-9H2. The Morgan fingerprint density at radius 1 is 1.03 bits per heavy atom. The van der Waals surface area contributed by atoms with Crippen molar-refractivity contribution < 1.29 is 13.3 Å². The molecule has 0 aromatic heterocycles. The summed E-state index contributed by atoms with van der Waals surface area (Å²) >= 11 is 9.21. The molecule has 31 heavy (non-hydrogen) atoms. The van der Waals surface area contributed by atoms with Gasteiger partial charge in [0.1, 0.15) is 0 Å². The highest BCUT2D eigenvalue weighted by molar-refractivity contribution is 9.10. The van der Waals surface area contributed by atoms with E-state index in [-0.39, 0.29) is 4.47 Å². The Morgan fingerprint density at radius 2 is 1.71 bits per heavy atom. The molecule has 160 valence electrons. The Bertz CT molecular complexity index is 1240. The van der Waals surface area contributed by atoms with Gasteiger partial charge in [-0.3, -0.25) is 10.1 Å². The SMILES string of the molecule is O=[N+]([O-])c1cccc(Br)c1S(=O)(=O)NC(c1ccc(Cl)cc1)c1ccccc1C1CC1. The summed E-state index contributed by atoms with van der Waals surface area (Å²) in [7, 11) is -4.27. The molecule has 0 saturated heterocycles. The van der Waals surface area contributed by atoms with Crippen LogP contribution in [0.2, 0.25) is 5.02 Å². The molecule has 0 bridgehead atoms. The molecule has 0 spiro atoms. The Balaban J connectivity index is 1.85. The van der Waals surface area contributed by atoms with Crippen LogP contribution < -0.4 is 4.72 Å². The number of benzene rings is 3. The first-order chi connectivity index (χ1) is 14.8. The molecule has 1 aliphatic rings. The van der Waals surface area contributed by atoms with E-state index in [0.29, 0.717) is 16.5 Å². The quantitative estimate of drug-likeness (QED) is 0.307. The number of nitro benzene ring substituents is 1. The lowest BCUT2D eigenvalue weighted by Crippen LogP contribution is -2.31. The van der Waals surface area contributed by atoms with Crippen LogP contribution >= 0.6 is 27.5 Å². The fourth-order valence-electron chi connectivity index (χ4n) is 3.63. The van der Waals surface area contributed by atoms with Gasteiger partial charge in [0, 0.05) is 15.6 Å². The number of hydrogen-bond acceptors (Lipinski definition) is 4. The molecule has 4 rings (SSSR count). The Labute approximate surface area is 193 Å². The van der Waals surface area contributed by atoms with Crippen molar-refractivity contribution in [2.75, 3.05) is 0 Å². The third-order valence-corrected chi connectivity index (χ3v) is 7.90. The summed E-state index contributed by atoms with van der Waals surface area (Å²) in [6, 6.07) is 17.9. The second kappa shape index (κ2) is 8.70. The van der Waals surface area contributed by atoms with Gasteiger partial charge >= 0.3 is 0 Å². The number of rotatable bonds is 7. The number of halogens is 2. The minimum Gasteiger partial charge on any atom is -0.258 e. The van der Waals surface area contributed by atoms with Gasteiger partial charge in [-0.2, -0.15) is 4.72 Å². The van der Waals surface area contributed by atoms with Crippen molar-refractivity contribution in [1.29, 1.82) is 0 Å². The maximum Gasteiger partial charge on any atom is 0.290 e.